The van der Waals surface area contributed by atoms with Crippen LogP contribution in [0.25, 0.3) is 0 Å². The van der Waals surface area contributed by atoms with Gasteiger partial charge in [0.25, 0.3) is 0 Å². The number of hydrogen-bond acceptors (Lipinski definition) is 2. The molecule has 94 valence electrons. The molecule has 3 heteroatoms. The summed E-state index contributed by atoms with van der Waals surface area (Å²) in [7, 11) is 0. The summed E-state index contributed by atoms with van der Waals surface area (Å²) in [6.45, 7) is 6.21. The van der Waals surface area contributed by atoms with E-state index in [9.17, 15) is 9.90 Å². The van der Waals surface area contributed by atoms with Gasteiger partial charge in [-0.1, -0.05) is 26.2 Å². The summed E-state index contributed by atoms with van der Waals surface area (Å²) in [6, 6.07) is 0.562. The molecule has 0 heterocycles. The van der Waals surface area contributed by atoms with Gasteiger partial charge in [-0.25, -0.2) is 0 Å². The Morgan fingerprint density at radius 2 is 2.25 bits per heavy atom. The highest BCUT2D eigenvalue weighted by Crippen LogP contribution is 2.36. The van der Waals surface area contributed by atoms with Crippen LogP contribution in [0.3, 0.4) is 0 Å². The highest BCUT2D eigenvalue weighted by atomic mass is 16.4. The summed E-state index contributed by atoms with van der Waals surface area (Å²) < 4.78 is 0. The van der Waals surface area contributed by atoms with Crippen molar-refractivity contribution in [3.05, 3.63) is 0 Å². The highest BCUT2D eigenvalue weighted by molar-refractivity contribution is 5.75. The number of aliphatic carboxylic acids is 1. The highest BCUT2D eigenvalue weighted by Gasteiger charge is 2.43. The van der Waals surface area contributed by atoms with Crippen LogP contribution in [-0.4, -0.2) is 23.2 Å². The zero-order chi connectivity index (χ0) is 12.2. The van der Waals surface area contributed by atoms with Crippen molar-refractivity contribution in [2.24, 2.45) is 5.41 Å². The van der Waals surface area contributed by atoms with E-state index >= 15 is 0 Å². The Bertz CT molecular complexity index is 242. The Kier molecular flexibility index (Phi) is 4.78. The third-order valence-corrected chi connectivity index (χ3v) is 3.90. The Morgan fingerprint density at radius 3 is 2.81 bits per heavy atom. The first-order chi connectivity index (χ1) is 7.50. The average molecular weight is 227 g/mol. The molecule has 1 aliphatic rings. The van der Waals surface area contributed by atoms with Gasteiger partial charge in [-0.2, -0.15) is 0 Å². The number of carbonyl (C=O) groups is 1. The number of rotatable bonds is 5. The van der Waals surface area contributed by atoms with Crippen molar-refractivity contribution >= 4 is 5.97 Å². The predicted octanol–water partition coefficient (Wildman–Crippen LogP) is 2.80. The van der Waals surface area contributed by atoms with E-state index in [-0.39, 0.29) is 6.04 Å². The first-order valence-corrected chi connectivity index (χ1v) is 6.50. The number of hydrogen-bond donors (Lipinski definition) is 2. The van der Waals surface area contributed by atoms with Gasteiger partial charge in [-0.15, -0.1) is 0 Å². The minimum absolute atomic E-state index is 0.139. The molecule has 0 amide bonds. The van der Waals surface area contributed by atoms with Crippen LogP contribution < -0.4 is 5.32 Å². The molecule has 0 saturated heterocycles. The average Bonchev–Trinajstić information content (AvgIpc) is 2.21. The van der Waals surface area contributed by atoms with Crippen molar-refractivity contribution < 1.29 is 9.90 Å². The molecule has 3 unspecified atom stereocenters. The fraction of sp³-hybridized carbons (Fsp3) is 0.923. The largest absolute Gasteiger partial charge is 0.481 e. The molecular weight excluding hydrogens is 202 g/mol. The van der Waals surface area contributed by atoms with Crippen molar-refractivity contribution in [2.75, 3.05) is 0 Å². The standard InChI is InChI=1S/C13H25NO2/c1-4-7-10(2)14-11-8-5-6-9-13(11,3)12(15)16/h10-11,14H,4-9H2,1-3H3,(H,15,16). The Morgan fingerprint density at radius 1 is 1.56 bits per heavy atom. The van der Waals surface area contributed by atoms with Crippen LogP contribution in [-0.2, 0) is 4.79 Å². The molecule has 1 aliphatic carbocycles. The summed E-state index contributed by atoms with van der Waals surface area (Å²) in [5, 5.41) is 12.9. The Balaban J connectivity index is 2.64. The Hall–Kier alpha value is -0.570. The summed E-state index contributed by atoms with van der Waals surface area (Å²) in [4.78, 5) is 11.4. The quantitative estimate of drug-likeness (QED) is 0.759. The SMILES string of the molecule is CCCC(C)NC1CCCCC1(C)C(=O)O. The van der Waals surface area contributed by atoms with E-state index in [1.54, 1.807) is 0 Å². The molecule has 0 aromatic heterocycles. The smallest absolute Gasteiger partial charge is 0.310 e. The predicted molar refractivity (Wildman–Crippen MR) is 65.5 cm³/mol. The lowest BCUT2D eigenvalue weighted by atomic mass is 9.71. The molecule has 0 bridgehead atoms. The first-order valence-electron chi connectivity index (χ1n) is 6.50. The zero-order valence-corrected chi connectivity index (χ0v) is 10.8. The number of carboxylic acid groups (broad SMARTS) is 1. The van der Waals surface area contributed by atoms with E-state index in [2.05, 4.69) is 19.2 Å². The van der Waals surface area contributed by atoms with Crippen molar-refractivity contribution in [1.82, 2.24) is 5.32 Å². The fourth-order valence-electron chi connectivity index (χ4n) is 2.72. The van der Waals surface area contributed by atoms with E-state index in [1.807, 2.05) is 6.92 Å². The maximum atomic E-state index is 11.4. The van der Waals surface area contributed by atoms with Gasteiger partial charge in [0, 0.05) is 12.1 Å². The topological polar surface area (TPSA) is 49.3 Å². The van der Waals surface area contributed by atoms with Gasteiger partial charge in [-0.05, 0) is 33.1 Å². The lowest BCUT2D eigenvalue weighted by Gasteiger charge is -2.40. The molecule has 0 aromatic carbocycles. The first kappa shape index (κ1) is 13.5. The number of carboxylic acids is 1. The number of nitrogens with one attached hydrogen (secondary N) is 1. The summed E-state index contributed by atoms with van der Waals surface area (Å²) in [5.74, 6) is -0.645. The van der Waals surface area contributed by atoms with Gasteiger partial charge in [-0.3, -0.25) is 4.79 Å². The van der Waals surface area contributed by atoms with Gasteiger partial charge in [0.1, 0.15) is 0 Å². The van der Waals surface area contributed by atoms with Gasteiger partial charge in [0.2, 0.25) is 0 Å². The molecule has 0 spiro atoms. The van der Waals surface area contributed by atoms with Gasteiger partial charge in [0.15, 0.2) is 0 Å². The van der Waals surface area contributed by atoms with Crippen molar-refractivity contribution in [3.8, 4) is 0 Å². The molecule has 0 aliphatic heterocycles. The maximum Gasteiger partial charge on any atom is 0.310 e. The van der Waals surface area contributed by atoms with E-state index in [0.717, 1.165) is 38.5 Å². The molecule has 0 radical (unpaired) electrons. The molecule has 3 atom stereocenters. The van der Waals surface area contributed by atoms with Crippen LogP contribution in [0.4, 0.5) is 0 Å². The van der Waals surface area contributed by atoms with Crippen molar-refractivity contribution in [1.29, 1.82) is 0 Å². The summed E-state index contributed by atoms with van der Waals surface area (Å²) in [6.07, 6.45) is 6.26. The molecule has 3 nitrogen and oxygen atoms in total. The van der Waals surface area contributed by atoms with Crippen LogP contribution in [0.15, 0.2) is 0 Å². The molecule has 1 rings (SSSR count). The van der Waals surface area contributed by atoms with Crippen molar-refractivity contribution in [3.63, 3.8) is 0 Å². The zero-order valence-electron chi connectivity index (χ0n) is 10.8. The van der Waals surface area contributed by atoms with Crippen molar-refractivity contribution in [2.45, 2.75) is 71.4 Å². The molecule has 16 heavy (non-hydrogen) atoms. The second-order valence-electron chi connectivity index (χ2n) is 5.38. The van der Waals surface area contributed by atoms with E-state index in [1.165, 1.54) is 0 Å². The van der Waals surface area contributed by atoms with Gasteiger partial charge >= 0.3 is 5.97 Å². The minimum Gasteiger partial charge on any atom is -0.481 e. The fourth-order valence-corrected chi connectivity index (χ4v) is 2.72. The van der Waals surface area contributed by atoms with E-state index in [0.29, 0.717) is 6.04 Å². The van der Waals surface area contributed by atoms with Crippen LogP contribution in [0.5, 0.6) is 0 Å². The summed E-state index contributed by atoms with van der Waals surface area (Å²) in [5.41, 5.74) is -0.569. The van der Waals surface area contributed by atoms with E-state index < -0.39 is 11.4 Å². The molecule has 1 saturated carbocycles. The third kappa shape index (κ3) is 2.97. The molecular formula is C13H25NO2. The van der Waals surface area contributed by atoms with Crippen LogP contribution in [0.1, 0.15) is 59.3 Å². The third-order valence-electron chi connectivity index (χ3n) is 3.90. The lowest BCUT2D eigenvalue weighted by molar-refractivity contribution is -0.151. The normalized spacial score (nSPS) is 32.3. The van der Waals surface area contributed by atoms with Crippen LogP contribution in [0, 0.1) is 5.41 Å². The van der Waals surface area contributed by atoms with Gasteiger partial charge < -0.3 is 10.4 Å². The second kappa shape index (κ2) is 5.67. The summed E-state index contributed by atoms with van der Waals surface area (Å²) >= 11 is 0. The molecule has 2 N–H and O–H groups in total. The second-order valence-corrected chi connectivity index (χ2v) is 5.38. The maximum absolute atomic E-state index is 11.4. The monoisotopic (exact) mass is 227 g/mol. The lowest BCUT2D eigenvalue weighted by Crippen LogP contribution is -2.52. The van der Waals surface area contributed by atoms with Crippen LogP contribution in [0.2, 0.25) is 0 Å². The van der Waals surface area contributed by atoms with E-state index in [4.69, 9.17) is 0 Å². The van der Waals surface area contributed by atoms with Crippen LogP contribution >= 0.6 is 0 Å². The van der Waals surface area contributed by atoms with Gasteiger partial charge in [0.05, 0.1) is 5.41 Å². The minimum atomic E-state index is -0.645. The Labute approximate surface area is 98.6 Å². The molecule has 0 aromatic rings. The molecule has 1 fully saturated rings.